The van der Waals surface area contributed by atoms with Gasteiger partial charge in [0.25, 0.3) is 0 Å². The molecule has 2 amide bonds. The molecule has 4 unspecified atom stereocenters. The number of hydrogen-bond acceptors (Lipinski definition) is 7. The zero-order valence-electron chi connectivity index (χ0n) is 10.3. The van der Waals surface area contributed by atoms with E-state index < -0.39 is 48.6 Å². The number of primary amides is 2. The first-order valence-electron chi connectivity index (χ1n) is 5.67. The van der Waals surface area contributed by atoms with Crippen LogP contribution in [0.15, 0.2) is 0 Å². The summed E-state index contributed by atoms with van der Waals surface area (Å²) < 4.78 is 10.1. The van der Waals surface area contributed by atoms with Crippen molar-refractivity contribution in [3.63, 3.8) is 0 Å². The molecule has 0 aromatic heterocycles. The van der Waals surface area contributed by atoms with Crippen molar-refractivity contribution < 1.29 is 34.4 Å². The molecular formula is C10H18N2O7. The highest BCUT2D eigenvalue weighted by molar-refractivity contribution is 5.79. The molecule has 1 fully saturated rings. The number of ether oxygens (including phenoxy) is 2. The van der Waals surface area contributed by atoms with Gasteiger partial charge in [0.05, 0.1) is 6.10 Å². The highest BCUT2D eigenvalue weighted by Gasteiger charge is 2.42. The molecule has 6 atom stereocenters. The van der Waals surface area contributed by atoms with Gasteiger partial charge in [-0.2, -0.15) is 0 Å². The highest BCUT2D eigenvalue weighted by Crippen LogP contribution is 2.22. The minimum Gasteiger partial charge on any atom is -0.390 e. The summed E-state index contributed by atoms with van der Waals surface area (Å²) in [6, 6.07) is 0. The van der Waals surface area contributed by atoms with Crippen molar-refractivity contribution in [2.75, 3.05) is 0 Å². The van der Waals surface area contributed by atoms with E-state index in [0.29, 0.717) is 0 Å². The third-order valence-corrected chi connectivity index (χ3v) is 2.80. The maximum atomic E-state index is 11.1. The Morgan fingerprint density at radius 2 is 1.84 bits per heavy atom. The first-order valence-corrected chi connectivity index (χ1v) is 5.67. The Kier molecular flexibility index (Phi) is 5.20. The molecule has 1 saturated heterocycles. The molecule has 19 heavy (non-hydrogen) atoms. The first-order chi connectivity index (χ1) is 8.73. The Labute approximate surface area is 109 Å². The lowest BCUT2D eigenvalue weighted by atomic mass is 10.0. The number of aliphatic hydroxyl groups excluding tert-OH is 3. The second-order valence-electron chi connectivity index (χ2n) is 4.37. The SMILES string of the molecule is CC(O[C@@H]1OC(C(N)=O)[C@@H](O)C(O)CC1O)C(N)=O. The van der Waals surface area contributed by atoms with Crippen LogP contribution >= 0.6 is 0 Å². The molecule has 1 rings (SSSR count). The van der Waals surface area contributed by atoms with Crippen molar-refractivity contribution in [2.45, 2.75) is 50.2 Å². The van der Waals surface area contributed by atoms with Crippen LogP contribution in [0, 0.1) is 0 Å². The second-order valence-corrected chi connectivity index (χ2v) is 4.37. The molecule has 0 saturated carbocycles. The quantitative estimate of drug-likeness (QED) is 0.356. The molecule has 9 heteroatoms. The minimum absolute atomic E-state index is 0.304. The lowest BCUT2D eigenvalue weighted by molar-refractivity contribution is -0.230. The molecule has 110 valence electrons. The topological polar surface area (TPSA) is 165 Å². The fourth-order valence-corrected chi connectivity index (χ4v) is 1.64. The molecule has 9 nitrogen and oxygen atoms in total. The van der Waals surface area contributed by atoms with Gasteiger partial charge in [-0.1, -0.05) is 0 Å². The number of carbonyl (C=O) groups is 2. The fourth-order valence-electron chi connectivity index (χ4n) is 1.64. The Balaban J connectivity index is 2.85. The Morgan fingerprint density at radius 3 is 2.32 bits per heavy atom. The summed E-state index contributed by atoms with van der Waals surface area (Å²) in [7, 11) is 0. The Hall–Kier alpha value is -1.26. The van der Waals surface area contributed by atoms with Crippen LogP contribution in [0.5, 0.6) is 0 Å². The van der Waals surface area contributed by atoms with Crippen molar-refractivity contribution >= 4 is 11.8 Å². The van der Waals surface area contributed by atoms with Crippen molar-refractivity contribution in [1.29, 1.82) is 0 Å². The van der Waals surface area contributed by atoms with E-state index in [0.717, 1.165) is 0 Å². The van der Waals surface area contributed by atoms with Crippen LogP contribution in [-0.4, -0.2) is 63.9 Å². The van der Waals surface area contributed by atoms with Gasteiger partial charge >= 0.3 is 0 Å². The van der Waals surface area contributed by atoms with Crippen LogP contribution in [0.25, 0.3) is 0 Å². The van der Waals surface area contributed by atoms with Crippen LogP contribution in [0.1, 0.15) is 13.3 Å². The molecule has 1 heterocycles. The van der Waals surface area contributed by atoms with Crippen LogP contribution in [0.2, 0.25) is 0 Å². The van der Waals surface area contributed by atoms with E-state index in [9.17, 15) is 24.9 Å². The zero-order valence-corrected chi connectivity index (χ0v) is 10.3. The zero-order chi connectivity index (χ0) is 14.7. The van der Waals surface area contributed by atoms with Gasteiger partial charge in [0.1, 0.15) is 18.3 Å². The van der Waals surface area contributed by atoms with Crippen LogP contribution in [0.4, 0.5) is 0 Å². The molecule has 0 aromatic rings. The fraction of sp³-hybridized carbons (Fsp3) is 0.800. The summed E-state index contributed by atoms with van der Waals surface area (Å²) in [5, 5.41) is 28.9. The molecule has 1 aliphatic heterocycles. The molecule has 7 N–H and O–H groups in total. The summed E-state index contributed by atoms with van der Waals surface area (Å²) in [5.41, 5.74) is 10.0. The van der Waals surface area contributed by atoms with E-state index in [4.69, 9.17) is 20.9 Å². The molecular weight excluding hydrogens is 260 g/mol. The van der Waals surface area contributed by atoms with Crippen molar-refractivity contribution in [1.82, 2.24) is 0 Å². The number of nitrogens with two attached hydrogens (primary N) is 2. The minimum atomic E-state index is -1.59. The summed E-state index contributed by atoms with van der Waals surface area (Å²) in [5.74, 6) is -1.82. The van der Waals surface area contributed by atoms with Crippen LogP contribution < -0.4 is 11.5 Å². The largest absolute Gasteiger partial charge is 0.390 e. The number of hydrogen-bond donors (Lipinski definition) is 5. The summed E-state index contributed by atoms with van der Waals surface area (Å²) in [4.78, 5) is 22.0. The van der Waals surface area contributed by atoms with E-state index in [2.05, 4.69) is 0 Å². The highest BCUT2D eigenvalue weighted by atomic mass is 16.7. The van der Waals surface area contributed by atoms with Gasteiger partial charge in [-0.15, -0.1) is 0 Å². The van der Waals surface area contributed by atoms with Gasteiger partial charge in [0.2, 0.25) is 11.8 Å². The Bertz CT molecular complexity index is 351. The molecule has 0 radical (unpaired) electrons. The number of aliphatic hydroxyl groups is 3. The van der Waals surface area contributed by atoms with E-state index in [-0.39, 0.29) is 6.42 Å². The van der Waals surface area contributed by atoms with Gasteiger partial charge in [-0.25, -0.2) is 0 Å². The number of amides is 2. The van der Waals surface area contributed by atoms with Crippen molar-refractivity contribution in [2.24, 2.45) is 11.5 Å². The summed E-state index contributed by atoms with van der Waals surface area (Å²) in [6.07, 6.45) is -8.71. The predicted molar refractivity (Wildman–Crippen MR) is 60.2 cm³/mol. The van der Waals surface area contributed by atoms with Crippen LogP contribution in [-0.2, 0) is 19.1 Å². The summed E-state index contributed by atoms with van der Waals surface area (Å²) >= 11 is 0. The monoisotopic (exact) mass is 278 g/mol. The second kappa shape index (κ2) is 6.26. The van der Waals surface area contributed by atoms with Gasteiger partial charge in [0.15, 0.2) is 12.4 Å². The third-order valence-electron chi connectivity index (χ3n) is 2.80. The Morgan fingerprint density at radius 1 is 1.26 bits per heavy atom. The predicted octanol–water partition coefficient (Wildman–Crippen LogP) is -3.44. The van der Waals surface area contributed by atoms with Gasteiger partial charge < -0.3 is 36.3 Å². The first kappa shape index (κ1) is 15.8. The molecule has 0 spiro atoms. The normalized spacial score (nSPS) is 37.4. The van der Waals surface area contributed by atoms with E-state index in [1.165, 1.54) is 6.92 Å². The average molecular weight is 278 g/mol. The van der Waals surface area contributed by atoms with Crippen molar-refractivity contribution in [3.05, 3.63) is 0 Å². The molecule has 0 aromatic carbocycles. The lowest BCUT2D eigenvalue weighted by Crippen LogP contribution is -2.47. The molecule has 0 aliphatic carbocycles. The van der Waals surface area contributed by atoms with Crippen molar-refractivity contribution in [3.8, 4) is 0 Å². The van der Waals surface area contributed by atoms with Gasteiger partial charge in [0, 0.05) is 6.42 Å². The standard InChI is InChI=1S/C10H18N2O7/c1-3(8(11)16)18-10-5(14)2-4(13)6(15)7(19-10)9(12)17/h3-7,10,13-15H,2H2,1H3,(H2,11,16)(H2,12,17)/t3?,4?,5?,6-,7?,10+/m0/s1. The third kappa shape index (κ3) is 3.85. The maximum Gasteiger partial charge on any atom is 0.249 e. The smallest absolute Gasteiger partial charge is 0.249 e. The lowest BCUT2D eigenvalue weighted by Gasteiger charge is -2.25. The number of carbonyl (C=O) groups excluding carboxylic acids is 2. The van der Waals surface area contributed by atoms with E-state index in [1.54, 1.807) is 0 Å². The number of rotatable bonds is 4. The van der Waals surface area contributed by atoms with Gasteiger partial charge in [-0.3, -0.25) is 9.59 Å². The van der Waals surface area contributed by atoms with E-state index >= 15 is 0 Å². The molecule has 1 aliphatic rings. The van der Waals surface area contributed by atoms with Gasteiger partial charge in [-0.05, 0) is 6.92 Å². The summed E-state index contributed by atoms with van der Waals surface area (Å²) in [6.45, 7) is 1.33. The van der Waals surface area contributed by atoms with E-state index in [1.807, 2.05) is 0 Å². The average Bonchev–Trinajstić information content (AvgIpc) is 2.40. The maximum absolute atomic E-state index is 11.1. The molecule has 0 bridgehead atoms. The van der Waals surface area contributed by atoms with Crippen LogP contribution in [0.3, 0.4) is 0 Å².